The molecule has 1 aliphatic rings. The first-order chi connectivity index (χ1) is 8.71. The van der Waals surface area contributed by atoms with Crippen LogP contribution in [0.25, 0.3) is 10.8 Å². The number of rotatable bonds is 3. The maximum absolute atomic E-state index is 11.1. The van der Waals surface area contributed by atoms with E-state index < -0.39 is 0 Å². The predicted molar refractivity (Wildman–Crippen MR) is 73.5 cm³/mol. The molecular weight excluding hydrogens is 222 g/mol. The lowest BCUT2D eigenvalue weighted by molar-refractivity contribution is -0.119. The van der Waals surface area contributed by atoms with Crippen molar-refractivity contribution < 1.29 is 4.79 Å². The number of nitrogens with one attached hydrogen (secondary N) is 1. The van der Waals surface area contributed by atoms with E-state index in [1.807, 2.05) is 0 Å². The number of hydrogen-bond donors (Lipinski definition) is 1. The molecule has 0 aliphatic heterocycles. The van der Waals surface area contributed by atoms with Crippen molar-refractivity contribution in [3.63, 3.8) is 0 Å². The van der Waals surface area contributed by atoms with Gasteiger partial charge in [-0.2, -0.15) is 0 Å². The molecule has 0 spiro atoms. The Morgan fingerprint density at radius 1 is 1.17 bits per heavy atom. The SMILES string of the molecule is CC(=O)NCC1(c2cccc3ccccc23)CC1. The zero-order chi connectivity index (χ0) is 12.6. The predicted octanol–water partition coefficient (Wildman–Crippen LogP) is 3.01. The molecule has 1 N–H and O–H groups in total. The lowest BCUT2D eigenvalue weighted by atomic mass is 9.90. The van der Waals surface area contributed by atoms with Crippen molar-refractivity contribution in [2.24, 2.45) is 0 Å². The van der Waals surface area contributed by atoms with E-state index in [2.05, 4.69) is 47.8 Å². The number of benzene rings is 2. The molecule has 1 aliphatic carbocycles. The first-order valence-corrected chi connectivity index (χ1v) is 6.44. The largest absolute Gasteiger partial charge is 0.355 e. The van der Waals surface area contributed by atoms with Gasteiger partial charge in [-0.15, -0.1) is 0 Å². The highest BCUT2D eigenvalue weighted by Crippen LogP contribution is 2.49. The molecule has 1 amide bonds. The first kappa shape index (κ1) is 11.3. The van der Waals surface area contributed by atoms with Crippen LogP contribution in [0.1, 0.15) is 25.3 Å². The monoisotopic (exact) mass is 239 g/mol. The highest BCUT2D eigenvalue weighted by Gasteiger charge is 2.44. The van der Waals surface area contributed by atoms with Crippen LogP contribution in [0.5, 0.6) is 0 Å². The second-order valence-electron chi connectivity index (χ2n) is 5.22. The van der Waals surface area contributed by atoms with Crippen LogP contribution in [0.2, 0.25) is 0 Å². The molecule has 0 heterocycles. The van der Waals surface area contributed by atoms with Crippen LogP contribution in [0, 0.1) is 0 Å². The van der Waals surface area contributed by atoms with Gasteiger partial charge in [-0.05, 0) is 29.2 Å². The second kappa shape index (κ2) is 4.13. The minimum Gasteiger partial charge on any atom is -0.355 e. The summed E-state index contributed by atoms with van der Waals surface area (Å²) < 4.78 is 0. The summed E-state index contributed by atoms with van der Waals surface area (Å²) in [4.78, 5) is 11.1. The van der Waals surface area contributed by atoms with Crippen molar-refractivity contribution in [2.45, 2.75) is 25.2 Å². The summed E-state index contributed by atoms with van der Waals surface area (Å²) in [6.45, 7) is 2.34. The summed E-state index contributed by atoms with van der Waals surface area (Å²) in [7, 11) is 0. The third kappa shape index (κ3) is 1.88. The van der Waals surface area contributed by atoms with Crippen LogP contribution in [0.4, 0.5) is 0 Å². The summed E-state index contributed by atoms with van der Waals surface area (Å²) in [5.41, 5.74) is 1.56. The Kier molecular flexibility index (Phi) is 2.58. The summed E-state index contributed by atoms with van der Waals surface area (Å²) >= 11 is 0. The van der Waals surface area contributed by atoms with E-state index in [1.54, 1.807) is 6.92 Å². The molecule has 3 rings (SSSR count). The fraction of sp³-hybridized carbons (Fsp3) is 0.312. The van der Waals surface area contributed by atoms with Gasteiger partial charge in [-0.25, -0.2) is 0 Å². The van der Waals surface area contributed by atoms with Crippen molar-refractivity contribution in [1.29, 1.82) is 0 Å². The van der Waals surface area contributed by atoms with Gasteiger partial charge in [0, 0.05) is 18.9 Å². The zero-order valence-electron chi connectivity index (χ0n) is 10.6. The van der Waals surface area contributed by atoms with Crippen molar-refractivity contribution in [3.05, 3.63) is 48.0 Å². The number of carbonyl (C=O) groups is 1. The molecule has 92 valence electrons. The standard InChI is InChI=1S/C16H17NO/c1-12(18)17-11-16(9-10-16)15-8-4-6-13-5-2-3-7-14(13)15/h2-8H,9-11H2,1H3,(H,17,18). The molecule has 0 radical (unpaired) electrons. The summed E-state index contributed by atoms with van der Waals surface area (Å²) in [6.07, 6.45) is 2.34. The third-order valence-electron chi connectivity index (χ3n) is 3.89. The normalized spacial score (nSPS) is 16.5. The summed E-state index contributed by atoms with van der Waals surface area (Å²) in [5, 5.41) is 5.58. The van der Waals surface area contributed by atoms with Crippen LogP contribution in [0.15, 0.2) is 42.5 Å². The molecule has 0 saturated heterocycles. The van der Waals surface area contributed by atoms with E-state index in [1.165, 1.54) is 29.2 Å². The fourth-order valence-corrected chi connectivity index (χ4v) is 2.67. The average molecular weight is 239 g/mol. The maximum atomic E-state index is 11.1. The Hall–Kier alpha value is -1.83. The van der Waals surface area contributed by atoms with Gasteiger partial charge in [0.15, 0.2) is 0 Å². The molecule has 2 heteroatoms. The van der Waals surface area contributed by atoms with Gasteiger partial charge >= 0.3 is 0 Å². The first-order valence-electron chi connectivity index (χ1n) is 6.44. The quantitative estimate of drug-likeness (QED) is 0.876. The summed E-state index contributed by atoms with van der Waals surface area (Å²) in [5.74, 6) is 0.0570. The Bertz CT molecular complexity index is 594. The van der Waals surface area contributed by atoms with E-state index in [-0.39, 0.29) is 11.3 Å². The van der Waals surface area contributed by atoms with E-state index in [4.69, 9.17) is 0 Å². The second-order valence-corrected chi connectivity index (χ2v) is 5.22. The highest BCUT2D eigenvalue weighted by molar-refractivity contribution is 5.87. The molecule has 1 saturated carbocycles. The summed E-state index contributed by atoms with van der Waals surface area (Å²) in [6, 6.07) is 14.9. The van der Waals surface area contributed by atoms with E-state index in [0.717, 1.165) is 6.54 Å². The Morgan fingerprint density at radius 2 is 1.89 bits per heavy atom. The topological polar surface area (TPSA) is 29.1 Å². The minimum absolute atomic E-state index is 0.0570. The zero-order valence-corrected chi connectivity index (χ0v) is 10.6. The minimum atomic E-state index is 0.0570. The van der Waals surface area contributed by atoms with Gasteiger partial charge in [0.2, 0.25) is 5.91 Å². The maximum Gasteiger partial charge on any atom is 0.216 e. The van der Waals surface area contributed by atoms with Gasteiger partial charge in [-0.1, -0.05) is 42.5 Å². The number of fused-ring (bicyclic) bond motifs is 1. The van der Waals surface area contributed by atoms with Crippen molar-refractivity contribution >= 4 is 16.7 Å². The molecule has 1 fully saturated rings. The molecule has 0 aromatic heterocycles. The Balaban J connectivity index is 2.01. The molecule has 0 atom stereocenters. The van der Waals surface area contributed by atoms with Crippen molar-refractivity contribution in [2.75, 3.05) is 6.54 Å². The number of amides is 1. The molecular formula is C16H17NO. The van der Waals surface area contributed by atoms with Crippen LogP contribution < -0.4 is 5.32 Å². The van der Waals surface area contributed by atoms with Crippen LogP contribution >= 0.6 is 0 Å². The molecule has 2 nitrogen and oxygen atoms in total. The van der Waals surface area contributed by atoms with Gasteiger partial charge in [0.25, 0.3) is 0 Å². The van der Waals surface area contributed by atoms with Crippen molar-refractivity contribution in [3.8, 4) is 0 Å². The molecule has 2 aromatic rings. The average Bonchev–Trinajstić information content (AvgIpc) is 3.17. The van der Waals surface area contributed by atoms with Gasteiger partial charge in [-0.3, -0.25) is 4.79 Å². The van der Waals surface area contributed by atoms with Crippen LogP contribution in [0.3, 0.4) is 0 Å². The fourth-order valence-electron chi connectivity index (χ4n) is 2.67. The van der Waals surface area contributed by atoms with E-state index >= 15 is 0 Å². The van der Waals surface area contributed by atoms with Crippen LogP contribution in [-0.2, 0) is 10.2 Å². The smallest absolute Gasteiger partial charge is 0.216 e. The van der Waals surface area contributed by atoms with Gasteiger partial charge < -0.3 is 5.32 Å². The molecule has 2 aromatic carbocycles. The third-order valence-corrected chi connectivity index (χ3v) is 3.89. The van der Waals surface area contributed by atoms with Crippen LogP contribution in [-0.4, -0.2) is 12.5 Å². The number of hydrogen-bond acceptors (Lipinski definition) is 1. The van der Waals surface area contributed by atoms with E-state index in [9.17, 15) is 4.79 Å². The number of carbonyl (C=O) groups excluding carboxylic acids is 1. The Labute approximate surface area is 107 Å². The van der Waals surface area contributed by atoms with Gasteiger partial charge in [0.05, 0.1) is 0 Å². The molecule has 0 unspecified atom stereocenters. The Morgan fingerprint density at radius 3 is 2.61 bits per heavy atom. The lowest BCUT2D eigenvalue weighted by Gasteiger charge is -2.18. The van der Waals surface area contributed by atoms with E-state index in [0.29, 0.717) is 0 Å². The van der Waals surface area contributed by atoms with Gasteiger partial charge in [0.1, 0.15) is 0 Å². The molecule has 18 heavy (non-hydrogen) atoms. The van der Waals surface area contributed by atoms with Crippen molar-refractivity contribution in [1.82, 2.24) is 5.32 Å². The molecule has 0 bridgehead atoms. The lowest BCUT2D eigenvalue weighted by Crippen LogP contribution is -2.30. The highest BCUT2D eigenvalue weighted by atomic mass is 16.1.